The van der Waals surface area contributed by atoms with E-state index >= 15 is 0 Å². The first-order chi connectivity index (χ1) is 9.79. The van der Waals surface area contributed by atoms with Crippen LogP contribution < -0.4 is 10.5 Å². The van der Waals surface area contributed by atoms with Crippen LogP contribution in [0.15, 0.2) is 42.5 Å². The number of hydrogen-bond acceptors (Lipinski definition) is 2. The highest BCUT2D eigenvalue weighted by molar-refractivity contribution is 5.51. The van der Waals surface area contributed by atoms with Gasteiger partial charge >= 0.3 is 0 Å². The molecule has 0 atom stereocenters. The van der Waals surface area contributed by atoms with Crippen LogP contribution in [0.1, 0.15) is 38.3 Å². The van der Waals surface area contributed by atoms with Crippen molar-refractivity contribution in [2.45, 2.75) is 32.6 Å². The van der Waals surface area contributed by atoms with E-state index < -0.39 is 6.43 Å². The van der Waals surface area contributed by atoms with Gasteiger partial charge in [-0.15, -0.1) is 0 Å². The van der Waals surface area contributed by atoms with Crippen molar-refractivity contribution in [3.8, 4) is 11.5 Å². The van der Waals surface area contributed by atoms with Crippen LogP contribution in [0.25, 0.3) is 0 Å². The quantitative estimate of drug-likeness (QED) is 0.779. The van der Waals surface area contributed by atoms with Crippen molar-refractivity contribution in [1.29, 1.82) is 0 Å². The second kappa shape index (κ2) is 5.72. The van der Waals surface area contributed by atoms with E-state index in [0.29, 0.717) is 11.4 Å². The van der Waals surface area contributed by atoms with Crippen molar-refractivity contribution in [3.05, 3.63) is 53.6 Å². The zero-order valence-corrected chi connectivity index (χ0v) is 12.4. The molecule has 0 aliphatic heterocycles. The van der Waals surface area contributed by atoms with Crippen molar-refractivity contribution < 1.29 is 13.5 Å². The Balaban J connectivity index is 2.44. The molecule has 0 aliphatic carbocycles. The lowest BCUT2D eigenvalue weighted by atomic mass is 9.86. The van der Waals surface area contributed by atoms with Crippen molar-refractivity contribution in [3.63, 3.8) is 0 Å². The smallest absolute Gasteiger partial charge is 0.267 e. The Morgan fingerprint density at radius 2 is 1.67 bits per heavy atom. The van der Waals surface area contributed by atoms with E-state index in [-0.39, 0.29) is 16.7 Å². The molecule has 0 unspecified atom stereocenters. The highest BCUT2D eigenvalue weighted by atomic mass is 19.3. The molecule has 0 spiro atoms. The van der Waals surface area contributed by atoms with Gasteiger partial charge in [-0.25, -0.2) is 8.78 Å². The lowest BCUT2D eigenvalue weighted by Gasteiger charge is -2.23. The van der Waals surface area contributed by atoms with E-state index in [1.165, 1.54) is 12.1 Å². The molecule has 0 radical (unpaired) electrons. The third kappa shape index (κ3) is 3.51. The number of benzene rings is 2. The summed E-state index contributed by atoms with van der Waals surface area (Å²) in [6, 6.07) is 11.7. The first-order valence-electron chi connectivity index (χ1n) is 6.74. The van der Waals surface area contributed by atoms with Crippen LogP contribution in [0.5, 0.6) is 11.5 Å². The zero-order chi connectivity index (χ0) is 15.6. The van der Waals surface area contributed by atoms with E-state index in [0.717, 1.165) is 5.56 Å². The Hall–Kier alpha value is -2.10. The summed E-state index contributed by atoms with van der Waals surface area (Å²) in [4.78, 5) is 0. The minimum Gasteiger partial charge on any atom is -0.457 e. The average molecular weight is 291 g/mol. The summed E-state index contributed by atoms with van der Waals surface area (Å²) in [5.74, 6) is 0.715. The lowest BCUT2D eigenvalue weighted by Crippen LogP contribution is -2.12. The lowest BCUT2D eigenvalue weighted by molar-refractivity contribution is 0.148. The Morgan fingerprint density at radius 1 is 1.00 bits per heavy atom. The summed E-state index contributed by atoms with van der Waals surface area (Å²) in [6.07, 6.45) is -2.63. The van der Waals surface area contributed by atoms with E-state index in [1.54, 1.807) is 12.1 Å². The van der Waals surface area contributed by atoms with Crippen molar-refractivity contribution in [1.82, 2.24) is 0 Å². The van der Waals surface area contributed by atoms with Crippen molar-refractivity contribution in [2.24, 2.45) is 0 Å². The highest BCUT2D eigenvalue weighted by Crippen LogP contribution is 2.38. The molecule has 0 bridgehead atoms. The molecule has 0 amide bonds. The van der Waals surface area contributed by atoms with Crippen LogP contribution >= 0.6 is 0 Å². The summed E-state index contributed by atoms with van der Waals surface area (Å²) in [5, 5.41) is 0. The van der Waals surface area contributed by atoms with Gasteiger partial charge in [0, 0.05) is 11.3 Å². The van der Waals surface area contributed by atoms with E-state index in [4.69, 9.17) is 10.5 Å². The summed E-state index contributed by atoms with van der Waals surface area (Å²) < 4.78 is 32.0. The van der Waals surface area contributed by atoms with Crippen LogP contribution in [0.3, 0.4) is 0 Å². The molecule has 0 saturated carbocycles. The molecule has 0 fully saturated rings. The first kappa shape index (κ1) is 15.3. The number of ether oxygens (including phenoxy) is 1. The Morgan fingerprint density at radius 3 is 2.29 bits per heavy atom. The number of rotatable bonds is 3. The monoisotopic (exact) mass is 291 g/mol. The zero-order valence-electron chi connectivity index (χ0n) is 12.4. The number of alkyl halides is 2. The fraction of sp³-hybridized carbons (Fsp3) is 0.294. The molecule has 112 valence electrons. The van der Waals surface area contributed by atoms with Gasteiger partial charge in [-0.2, -0.15) is 0 Å². The summed E-state index contributed by atoms with van der Waals surface area (Å²) >= 11 is 0. The molecule has 0 heterocycles. The molecule has 21 heavy (non-hydrogen) atoms. The van der Waals surface area contributed by atoms with Gasteiger partial charge in [0.25, 0.3) is 6.43 Å². The van der Waals surface area contributed by atoms with Crippen molar-refractivity contribution >= 4 is 5.69 Å². The van der Waals surface area contributed by atoms with Crippen LogP contribution in [-0.2, 0) is 5.41 Å². The fourth-order valence-electron chi connectivity index (χ4n) is 2.12. The van der Waals surface area contributed by atoms with Gasteiger partial charge < -0.3 is 10.5 Å². The standard InChI is InChI=1S/C17H19F2NO/c1-17(2,3)13-6-4-5-7-15(13)21-14-9-8-11(20)10-12(14)16(18)19/h4-10,16H,20H2,1-3H3. The maximum atomic E-state index is 13.1. The predicted molar refractivity (Wildman–Crippen MR) is 81.0 cm³/mol. The van der Waals surface area contributed by atoms with Gasteiger partial charge in [0.1, 0.15) is 11.5 Å². The second-order valence-electron chi connectivity index (χ2n) is 5.95. The fourth-order valence-corrected chi connectivity index (χ4v) is 2.12. The molecule has 4 heteroatoms. The highest BCUT2D eigenvalue weighted by Gasteiger charge is 2.21. The van der Waals surface area contributed by atoms with Crippen LogP contribution in [0.4, 0.5) is 14.5 Å². The maximum Gasteiger partial charge on any atom is 0.267 e. The normalized spacial score (nSPS) is 11.7. The first-order valence-corrected chi connectivity index (χ1v) is 6.74. The van der Waals surface area contributed by atoms with Gasteiger partial charge in [0.05, 0.1) is 5.56 Å². The molecule has 2 rings (SSSR count). The molecule has 2 N–H and O–H groups in total. The Bertz CT molecular complexity index is 633. The topological polar surface area (TPSA) is 35.2 Å². The second-order valence-corrected chi connectivity index (χ2v) is 5.95. The summed E-state index contributed by atoms with van der Waals surface area (Å²) in [6.45, 7) is 6.14. The molecule has 0 aliphatic rings. The molecule has 0 aromatic heterocycles. The molecule has 2 nitrogen and oxygen atoms in total. The molecular formula is C17H19F2NO. The van der Waals surface area contributed by atoms with Gasteiger partial charge in [-0.3, -0.25) is 0 Å². The van der Waals surface area contributed by atoms with Gasteiger partial charge in [-0.1, -0.05) is 39.0 Å². The van der Waals surface area contributed by atoms with E-state index in [1.807, 2.05) is 39.0 Å². The molecule has 2 aromatic carbocycles. The Kier molecular flexibility index (Phi) is 4.16. The number of anilines is 1. The third-order valence-electron chi connectivity index (χ3n) is 3.18. The molecule has 0 saturated heterocycles. The van der Waals surface area contributed by atoms with Crippen LogP contribution in [0.2, 0.25) is 0 Å². The van der Waals surface area contributed by atoms with E-state index in [9.17, 15) is 8.78 Å². The predicted octanol–water partition coefficient (Wildman–Crippen LogP) is 5.30. The summed E-state index contributed by atoms with van der Waals surface area (Å²) in [5.41, 5.74) is 6.48. The largest absolute Gasteiger partial charge is 0.457 e. The number of nitrogens with two attached hydrogens (primary N) is 1. The van der Waals surface area contributed by atoms with Crippen LogP contribution in [-0.4, -0.2) is 0 Å². The minimum atomic E-state index is -2.63. The number of hydrogen-bond donors (Lipinski definition) is 1. The summed E-state index contributed by atoms with van der Waals surface area (Å²) in [7, 11) is 0. The third-order valence-corrected chi connectivity index (χ3v) is 3.18. The van der Waals surface area contributed by atoms with Gasteiger partial charge in [0.2, 0.25) is 0 Å². The minimum absolute atomic E-state index is 0.135. The van der Waals surface area contributed by atoms with Crippen LogP contribution in [0, 0.1) is 0 Å². The van der Waals surface area contributed by atoms with Gasteiger partial charge in [0.15, 0.2) is 0 Å². The Labute approximate surface area is 123 Å². The number of nitrogen functional groups attached to an aromatic ring is 1. The van der Waals surface area contributed by atoms with Crippen molar-refractivity contribution in [2.75, 3.05) is 5.73 Å². The average Bonchev–Trinajstić information content (AvgIpc) is 2.40. The molecular weight excluding hydrogens is 272 g/mol. The number of para-hydroxylation sites is 1. The maximum absolute atomic E-state index is 13.1. The van der Waals surface area contributed by atoms with E-state index in [2.05, 4.69) is 0 Å². The number of halogens is 2. The molecule has 2 aromatic rings. The SMILES string of the molecule is CC(C)(C)c1ccccc1Oc1ccc(N)cc1C(F)F. The van der Waals surface area contributed by atoms with Gasteiger partial charge in [-0.05, 0) is 29.7 Å².